The van der Waals surface area contributed by atoms with Crippen molar-refractivity contribution in [2.75, 3.05) is 44.7 Å². The minimum atomic E-state index is 0.568. The molecular formula is C31H39N5O2. The van der Waals surface area contributed by atoms with Gasteiger partial charge in [-0.2, -0.15) is 0 Å². The van der Waals surface area contributed by atoms with Gasteiger partial charge >= 0.3 is 0 Å². The molecule has 1 aromatic heterocycles. The topological polar surface area (TPSA) is 62.8 Å². The van der Waals surface area contributed by atoms with E-state index >= 15 is 0 Å². The summed E-state index contributed by atoms with van der Waals surface area (Å²) in [5, 5.41) is 3.43. The minimum Gasteiger partial charge on any atom is -0.493 e. The molecule has 0 radical (unpaired) electrons. The molecule has 0 spiro atoms. The molecule has 5 rings (SSSR count). The molecule has 6 bridgehead atoms. The zero-order valence-electron chi connectivity index (χ0n) is 22.6. The quantitative estimate of drug-likeness (QED) is 0.394. The van der Waals surface area contributed by atoms with Gasteiger partial charge < -0.3 is 19.7 Å². The number of benzene rings is 2. The van der Waals surface area contributed by atoms with Crippen LogP contribution in [0.2, 0.25) is 0 Å². The van der Waals surface area contributed by atoms with Gasteiger partial charge in [0.15, 0.2) is 0 Å². The molecular weight excluding hydrogens is 474 g/mol. The smallest absolute Gasteiger partial charge is 0.227 e. The summed E-state index contributed by atoms with van der Waals surface area (Å²) in [5.41, 5.74) is 3.99. The van der Waals surface area contributed by atoms with Crippen molar-refractivity contribution in [3.05, 3.63) is 72.4 Å². The monoisotopic (exact) mass is 513 g/mol. The van der Waals surface area contributed by atoms with Gasteiger partial charge in [-0.3, -0.25) is 4.90 Å². The summed E-state index contributed by atoms with van der Waals surface area (Å²) < 4.78 is 12.4. The molecule has 0 saturated heterocycles. The number of rotatable bonds is 7. The molecule has 7 nitrogen and oxygen atoms in total. The maximum absolute atomic E-state index is 6.34. The van der Waals surface area contributed by atoms with Crippen molar-refractivity contribution in [1.82, 2.24) is 19.8 Å². The molecule has 1 fully saturated rings. The lowest BCUT2D eigenvalue weighted by molar-refractivity contribution is 0.217. The second-order valence-electron chi connectivity index (χ2n) is 9.89. The van der Waals surface area contributed by atoms with Crippen LogP contribution in [0.5, 0.6) is 11.5 Å². The largest absolute Gasteiger partial charge is 0.493 e. The first kappa shape index (κ1) is 26.2. The highest BCUT2D eigenvalue weighted by Gasteiger charge is 2.29. The third kappa shape index (κ3) is 7.11. The maximum Gasteiger partial charge on any atom is 0.227 e. The van der Waals surface area contributed by atoms with Crippen molar-refractivity contribution in [3.63, 3.8) is 0 Å². The lowest BCUT2D eigenvalue weighted by atomic mass is 10.1. The molecule has 2 heterocycles. The third-order valence-corrected chi connectivity index (χ3v) is 7.16. The van der Waals surface area contributed by atoms with Crippen molar-refractivity contribution >= 4 is 11.6 Å². The van der Waals surface area contributed by atoms with Crippen LogP contribution in [0.3, 0.4) is 0 Å². The van der Waals surface area contributed by atoms with Gasteiger partial charge in [0.25, 0.3) is 0 Å². The molecule has 2 aromatic carbocycles. The molecule has 200 valence electrons. The van der Waals surface area contributed by atoms with Gasteiger partial charge in [0.2, 0.25) is 5.95 Å². The first-order valence-corrected chi connectivity index (χ1v) is 13.9. The Kier molecular flexibility index (Phi) is 8.89. The van der Waals surface area contributed by atoms with Crippen molar-refractivity contribution < 1.29 is 9.47 Å². The summed E-state index contributed by atoms with van der Waals surface area (Å²) in [7, 11) is 0. The average molecular weight is 514 g/mol. The summed E-state index contributed by atoms with van der Waals surface area (Å²) >= 11 is 0. The summed E-state index contributed by atoms with van der Waals surface area (Å²) in [6.45, 7) is 10.5. The summed E-state index contributed by atoms with van der Waals surface area (Å²) in [6.07, 6.45) is 9.69. The van der Waals surface area contributed by atoms with Crippen LogP contribution in [0.15, 0.2) is 66.9 Å². The Labute approximate surface area is 226 Å². The van der Waals surface area contributed by atoms with Crippen molar-refractivity contribution in [1.29, 1.82) is 0 Å². The third-order valence-electron chi connectivity index (χ3n) is 7.16. The number of aromatic nitrogens is 2. The number of nitrogens with one attached hydrogen (secondary N) is 1. The van der Waals surface area contributed by atoms with E-state index in [0.29, 0.717) is 25.2 Å². The highest BCUT2D eigenvalue weighted by molar-refractivity contribution is 5.64. The predicted octanol–water partition coefficient (Wildman–Crippen LogP) is 5.91. The van der Waals surface area contributed by atoms with Gasteiger partial charge in [0.1, 0.15) is 18.1 Å². The standard InChI is InChI=1S/C31H39N5O2/c1-3-35(4-2)18-20-38-30-14-11-26-21-25(30)23-36(27-12-13-27)17-6-5-7-19-37-28-10-8-9-24(22-28)29-15-16-32-31(33-26)34-29/h5-6,8-11,14-16,21-22,27H,3-4,7,12-13,17-20,23H2,1-2H3,(H,32,33,34). The Morgan fingerprint density at radius 1 is 1.08 bits per heavy atom. The van der Waals surface area contributed by atoms with E-state index in [2.05, 4.69) is 64.3 Å². The Morgan fingerprint density at radius 2 is 1.97 bits per heavy atom. The van der Waals surface area contributed by atoms with Crippen LogP contribution in [0.1, 0.15) is 38.7 Å². The van der Waals surface area contributed by atoms with E-state index in [1.807, 2.05) is 30.3 Å². The summed E-state index contributed by atoms with van der Waals surface area (Å²) in [4.78, 5) is 14.2. The maximum atomic E-state index is 6.34. The van der Waals surface area contributed by atoms with E-state index in [-0.39, 0.29) is 0 Å². The Morgan fingerprint density at radius 3 is 2.82 bits per heavy atom. The molecule has 38 heavy (non-hydrogen) atoms. The number of ether oxygens (including phenoxy) is 2. The van der Waals surface area contributed by atoms with E-state index < -0.39 is 0 Å². The lowest BCUT2D eigenvalue weighted by Gasteiger charge is -2.24. The van der Waals surface area contributed by atoms with Crippen molar-refractivity contribution in [2.24, 2.45) is 0 Å². The molecule has 1 saturated carbocycles. The van der Waals surface area contributed by atoms with Crippen LogP contribution in [-0.4, -0.2) is 65.2 Å². The summed E-state index contributed by atoms with van der Waals surface area (Å²) in [6, 6.07) is 17.0. The molecule has 1 N–H and O–H groups in total. The molecule has 1 aliphatic carbocycles. The van der Waals surface area contributed by atoms with E-state index in [9.17, 15) is 0 Å². The highest BCUT2D eigenvalue weighted by Crippen LogP contribution is 2.32. The molecule has 0 atom stereocenters. The van der Waals surface area contributed by atoms with E-state index in [0.717, 1.165) is 67.6 Å². The number of likely N-dealkylation sites (N-methyl/N-ethyl adjacent to an activating group) is 1. The Bertz CT molecular complexity index is 1220. The Hall–Kier alpha value is -3.42. The van der Waals surface area contributed by atoms with Crippen LogP contribution in [0.25, 0.3) is 11.3 Å². The molecule has 0 amide bonds. The fraction of sp³-hybridized carbons (Fsp3) is 0.419. The molecule has 0 unspecified atom stereocenters. The van der Waals surface area contributed by atoms with Crippen molar-refractivity contribution in [3.8, 4) is 22.8 Å². The normalized spacial score (nSPS) is 16.3. The fourth-order valence-corrected chi connectivity index (χ4v) is 4.77. The van der Waals surface area contributed by atoms with Gasteiger partial charge in [-0.25, -0.2) is 9.97 Å². The second-order valence-corrected chi connectivity index (χ2v) is 9.89. The zero-order chi connectivity index (χ0) is 26.2. The molecule has 3 aromatic rings. The van der Waals surface area contributed by atoms with Gasteiger partial charge in [-0.05, 0) is 68.8 Å². The Balaban J connectivity index is 1.43. The van der Waals surface area contributed by atoms with Gasteiger partial charge in [0, 0.05) is 48.7 Å². The van der Waals surface area contributed by atoms with Crippen molar-refractivity contribution in [2.45, 2.75) is 45.7 Å². The van der Waals surface area contributed by atoms with Crippen LogP contribution < -0.4 is 14.8 Å². The average Bonchev–Trinajstić information content (AvgIpc) is 3.79. The minimum absolute atomic E-state index is 0.568. The van der Waals surface area contributed by atoms with Crippen LogP contribution in [-0.2, 0) is 6.54 Å². The molecule has 7 heteroatoms. The number of fused-ring (bicyclic) bond motifs is 7. The van der Waals surface area contributed by atoms with Crippen LogP contribution >= 0.6 is 0 Å². The molecule has 2 aliphatic rings. The zero-order valence-corrected chi connectivity index (χ0v) is 22.6. The number of hydrogen-bond acceptors (Lipinski definition) is 7. The SMILES string of the molecule is CCN(CC)CCOc1ccc2cc1CN(C1CC1)CC=CCCOc1cccc(c1)-c1ccnc(n1)N2. The van der Waals surface area contributed by atoms with Crippen LogP contribution in [0.4, 0.5) is 11.6 Å². The number of hydrogen-bond donors (Lipinski definition) is 1. The van der Waals surface area contributed by atoms with Gasteiger partial charge in [-0.1, -0.05) is 38.1 Å². The van der Waals surface area contributed by atoms with Crippen LogP contribution in [0, 0.1) is 0 Å². The van der Waals surface area contributed by atoms with Gasteiger partial charge in [-0.15, -0.1) is 0 Å². The van der Waals surface area contributed by atoms with Gasteiger partial charge in [0.05, 0.1) is 12.3 Å². The predicted molar refractivity (Wildman–Crippen MR) is 153 cm³/mol. The number of nitrogens with zero attached hydrogens (tertiary/aromatic N) is 4. The highest BCUT2D eigenvalue weighted by atomic mass is 16.5. The first-order valence-electron chi connectivity index (χ1n) is 13.9. The first-order chi connectivity index (χ1) is 18.7. The number of anilines is 2. The molecule has 1 aliphatic heterocycles. The lowest BCUT2D eigenvalue weighted by Crippen LogP contribution is -2.28. The summed E-state index contributed by atoms with van der Waals surface area (Å²) in [5.74, 6) is 2.37. The van der Waals surface area contributed by atoms with E-state index in [4.69, 9.17) is 14.5 Å². The van der Waals surface area contributed by atoms with E-state index in [1.54, 1.807) is 6.20 Å². The fourth-order valence-electron chi connectivity index (χ4n) is 4.77. The second kappa shape index (κ2) is 12.9. The van der Waals surface area contributed by atoms with E-state index in [1.165, 1.54) is 18.4 Å².